The summed E-state index contributed by atoms with van der Waals surface area (Å²) in [5, 5.41) is 2.84. The summed E-state index contributed by atoms with van der Waals surface area (Å²) in [5.74, 6) is 0. The molecule has 1 saturated heterocycles. The fraction of sp³-hybridized carbons (Fsp3) is 0.583. The summed E-state index contributed by atoms with van der Waals surface area (Å²) >= 11 is 0. The topological polar surface area (TPSA) is 89.6 Å². The van der Waals surface area contributed by atoms with Crippen molar-refractivity contribution < 1.29 is 17.9 Å². The van der Waals surface area contributed by atoms with Crippen LogP contribution >= 0.6 is 0 Å². The first-order valence-electron chi connectivity index (χ1n) is 6.27. The van der Waals surface area contributed by atoms with Gasteiger partial charge < -0.3 is 14.8 Å². The van der Waals surface area contributed by atoms with E-state index in [4.69, 9.17) is 9.47 Å². The van der Waals surface area contributed by atoms with Crippen LogP contribution in [0.25, 0.3) is 0 Å². The van der Waals surface area contributed by atoms with E-state index in [1.807, 2.05) is 0 Å². The van der Waals surface area contributed by atoms with Crippen LogP contribution < -0.4 is 10.0 Å². The molecule has 1 fully saturated rings. The van der Waals surface area contributed by atoms with Gasteiger partial charge in [-0.25, -0.2) is 13.1 Å². The van der Waals surface area contributed by atoms with E-state index < -0.39 is 15.6 Å². The average molecular weight is 301 g/mol. The van der Waals surface area contributed by atoms with Crippen molar-refractivity contribution in [1.82, 2.24) is 9.71 Å². The Morgan fingerprint density at radius 3 is 2.95 bits per heavy atom. The first-order valence-corrected chi connectivity index (χ1v) is 7.76. The van der Waals surface area contributed by atoms with E-state index in [1.165, 1.54) is 12.4 Å². The molecule has 0 saturated carbocycles. The van der Waals surface area contributed by atoms with Crippen molar-refractivity contribution in [2.45, 2.75) is 16.9 Å². The summed E-state index contributed by atoms with van der Waals surface area (Å²) in [5.41, 5.74) is -0.0867. The van der Waals surface area contributed by atoms with Crippen molar-refractivity contribution in [3.8, 4) is 0 Å². The molecule has 2 rings (SSSR count). The molecular formula is C12H19N3O4S. The van der Waals surface area contributed by atoms with Gasteiger partial charge in [-0.2, -0.15) is 0 Å². The van der Waals surface area contributed by atoms with Crippen LogP contribution in [0, 0.1) is 0 Å². The van der Waals surface area contributed by atoms with Crippen molar-refractivity contribution in [2.75, 3.05) is 39.2 Å². The molecular weight excluding hydrogens is 282 g/mol. The molecule has 1 aliphatic rings. The van der Waals surface area contributed by atoms with Gasteiger partial charge in [0.2, 0.25) is 10.0 Å². The van der Waals surface area contributed by atoms with Crippen molar-refractivity contribution in [3.63, 3.8) is 0 Å². The molecule has 2 heterocycles. The van der Waals surface area contributed by atoms with Crippen LogP contribution in [0.1, 0.15) is 6.42 Å². The van der Waals surface area contributed by atoms with Gasteiger partial charge in [0.05, 0.1) is 12.3 Å². The Hall–Kier alpha value is -1.22. The maximum Gasteiger partial charge on any atom is 0.244 e. The van der Waals surface area contributed by atoms with Crippen molar-refractivity contribution in [2.24, 2.45) is 0 Å². The maximum atomic E-state index is 12.3. The van der Waals surface area contributed by atoms with Crippen LogP contribution in [0.2, 0.25) is 0 Å². The van der Waals surface area contributed by atoms with E-state index in [0.29, 0.717) is 25.3 Å². The minimum absolute atomic E-state index is 0.118. The molecule has 1 aliphatic heterocycles. The van der Waals surface area contributed by atoms with Crippen LogP contribution in [0.5, 0.6) is 0 Å². The van der Waals surface area contributed by atoms with Crippen LogP contribution in [-0.4, -0.2) is 52.9 Å². The summed E-state index contributed by atoms with van der Waals surface area (Å²) in [6.07, 6.45) is 3.52. The second-order valence-electron chi connectivity index (χ2n) is 4.64. The fourth-order valence-electron chi connectivity index (χ4n) is 2.07. The van der Waals surface area contributed by atoms with Gasteiger partial charge in [0.25, 0.3) is 0 Å². The number of hydrogen-bond acceptors (Lipinski definition) is 6. The number of pyridine rings is 1. The van der Waals surface area contributed by atoms with Crippen LogP contribution in [-0.2, 0) is 19.5 Å². The molecule has 7 nitrogen and oxygen atoms in total. The number of nitrogens with zero attached hydrogens (tertiary/aromatic N) is 1. The predicted molar refractivity (Wildman–Crippen MR) is 74.1 cm³/mol. The predicted octanol–water partition coefficient (Wildman–Crippen LogP) is 0.207. The number of methoxy groups -OCH3 is 1. The van der Waals surface area contributed by atoms with E-state index in [2.05, 4.69) is 15.0 Å². The van der Waals surface area contributed by atoms with Crippen LogP contribution in [0.15, 0.2) is 23.4 Å². The molecule has 8 heteroatoms. The molecule has 1 unspecified atom stereocenters. The summed E-state index contributed by atoms with van der Waals surface area (Å²) < 4.78 is 37.9. The molecule has 0 radical (unpaired) electrons. The fourth-order valence-corrected chi connectivity index (χ4v) is 3.33. The smallest absolute Gasteiger partial charge is 0.244 e. The zero-order valence-electron chi connectivity index (χ0n) is 11.5. The molecule has 0 amide bonds. The zero-order chi connectivity index (χ0) is 14.6. The SMILES string of the molecule is CNc1ccncc1S(=O)(=O)NCC1(OC)CCOC1. The second kappa shape index (κ2) is 6.04. The highest BCUT2D eigenvalue weighted by Gasteiger charge is 2.36. The highest BCUT2D eigenvalue weighted by atomic mass is 32.2. The van der Waals surface area contributed by atoms with Crippen molar-refractivity contribution in [1.29, 1.82) is 0 Å². The van der Waals surface area contributed by atoms with Crippen LogP contribution in [0.4, 0.5) is 5.69 Å². The zero-order valence-corrected chi connectivity index (χ0v) is 12.4. The molecule has 20 heavy (non-hydrogen) atoms. The number of rotatable bonds is 6. The molecule has 2 N–H and O–H groups in total. The Bertz CT molecular complexity index is 556. The average Bonchev–Trinajstić information content (AvgIpc) is 2.95. The normalized spacial score (nSPS) is 22.9. The number of anilines is 1. The summed E-state index contributed by atoms with van der Waals surface area (Å²) in [4.78, 5) is 3.98. The lowest BCUT2D eigenvalue weighted by Gasteiger charge is -2.25. The minimum Gasteiger partial charge on any atom is -0.387 e. The Kier molecular flexibility index (Phi) is 4.59. The Balaban J connectivity index is 2.15. The van der Waals surface area contributed by atoms with E-state index in [0.717, 1.165) is 0 Å². The van der Waals surface area contributed by atoms with Gasteiger partial charge in [-0.3, -0.25) is 4.98 Å². The largest absolute Gasteiger partial charge is 0.387 e. The number of aromatic nitrogens is 1. The highest BCUT2D eigenvalue weighted by molar-refractivity contribution is 7.89. The van der Waals surface area contributed by atoms with E-state index in [-0.39, 0.29) is 11.4 Å². The first-order chi connectivity index (χ1) is 9.53. The molecule has 1 aromatic rings. The van der Waals surface area contributed by atoms with E-state index in [1.54, 1.807) is 20.2 Å². The van der Waals surface area contributed by atoms with Gasteiger partial charge in [0.15, 0.2) is 0 Å². The summed E-state index contributed by atoms with van der Waals surface area (Å²) in [7, 11) is -0.425. The maximum absolute atomic E-state index is 12.3. The lowest BCUT2D eigenvalue weighted by Crippen LogP contribution is -2.45. The van der Waals surface area contributed by atoms with Gasteiger partial charge in [-0.1, -0.05) is 0 Å². The third-order valence-corrected chi connectivity index (χ3v) is 4.86. The molecule has 0 aliphatic carbocycles. The molecule has 0 bridgehead atoms. The third-order valence-electron chi connectivity index (χ3n) is 3.43. The molecule has 0 aromatic carbocycles. The summed E-state index contributed by atoms with van der Waals surface area (Å²) in [6, 6.07) is 1.61. The monoisotopic (exact) mass is 301 g/mol. The third kappa shape index (κ3) is 3.09. The molecule has 112 valence electrons. The lowest BCUT2D eigenvalue weighted by molar-refractivity contribution is -0.0120. The Morgan fingerprint density at radius 1 is 1.55 bits per heavy atom. The van der Waals surface area contributed by atoms with Gasteiger partial charge in [0, 0.05) is 46.1 Å². The minimum atomic E-state index is -3.65. The number of ether oxygens (including phenoxy) is 2. The molecule has 1 atom stereocenters. The van der Waals surface area contributed by atoms with Crippen molar-refractivity contribution >= 4 is 15.7 Å². The van der Waals surface area contributed by atoms with E-state index in [9.17, 15) is 8.42 Å². The highest BCUT2D eigenvalue weighted by Crippen LogP contribution is 2.23. The quantitative estimate of drug-likeness (QED) is 0.780. The van der Waals surface area contributed by atoms with E-state index >= 15 is 0 Å². The molecule has 1 aromatic heterocycles. The van der Waals surface area contributed by atoms with Gasteiger partial charge >= 0.3 is 0 Å². The van der Waals surface area contributed by atoms with Gasteiger partial charge in [0.1, 0.15) is 10.5 Å². The second-order valence-corrected chi connectivity index (χ2v) is 6.37. The Morgan fingerprint density at radius 2 is 2.35 bits per heavy atom. The summed E-state index contributed by atoms with van der Waals surface area (Å²) in [6.45, 7) is 1.13. The number of sulfonamides is 1. The molecule has 0 spiro atoms. The Labute approximate surface area is 118 Å². The van der Waals surface area contributed by atoms with Crippen LogP contribution in [0.3, 0.4) is 0 Å². The van der Waals surface area contributed by atoms with Gasteiger partial charge in [-0.15, -0.1) is 0 Å². The number of nitrogens with one attached hydrogen (secondary N) is 2. The first kappa shape index (κ1) is 15.2. The number of hydrogen-bond donors (Lipinski definition) is 2. The standard InChI is InChI=1S/C12H19N3O4S/c1-13-10-3-5-14-7-11(10)20(16,17)15-8-12(18-2)4-6-19-9-12/h3,5,7,15H,4,6,8-9H2,1-2H3,(H,13,14). The van der Waals surface area contributed by atoms with Gasteiger partial charge in [-0.05, 0) is 6.07 Å². The van der Waals surface area contributed by atoms with Crippen molar-refractivity contribution in [3.05, 3.63) is 18.5 Å². The lowest BCUT2D eigenvalue weighted by atomic mass is 10.0.